The Morgan fingerprint density at radius 3 is 1.97 bits per heavy atom. The van der Waals surface area contributed by atoms with E-state index in [1.165, 1.54) is 0 Å². The molecular weight excluding hydrogens is 366 g/mol. The molecule has 5 heteroatoms. The van der Waals surface area contributed by atoms with Crippen molar-refractivity contribution in [3.8, 4) is 11.1 Å². The highest BCUT2D eigenvalue weighted by Crippen LogP contribution is 2.44. The van der Waals surface area contributed by atoms with Crippen molar-refractivity contribution in [3.63, 3.8) is 0 Å². The fourth-order valence-corrected chi connectivity index (χ4v) is 4.37. The Morgan fingerprint density at radius 2 is 1.48 bits per heavy atom. The summed E-state index contributed by atoms with van der Waals surface area (Å²) < 4.78 is 5.51. The number of hydrogen-bond donors (Lipinski definition) is 2. The zero-order valence-electron chi connectivity index (χ0n) is 17.1. The quantitative estimate of drug-likeness (QED) is 0.612. The Hall–Kier alpha value is -2.82. The summed E-state index contributed by atoms with van der Waals surface area (Å²) >= 11 is 0. The summed E-state index contributed by atoms with van der Waals surface area (Å²) in [5.74, 6) is -1.15. The maximum absolute atomic E-state index is 12.5. The van der Waals surface area contributed by atoms with Crippen molar-refractivity contribution in [1.82, 2.24) is 5.32 Å². The van der Waals surface area contributed by atoms with Crippen molar-refractivity contribution < 1.29 is 19.4 Å². The molecular formula is C24H29NO4. The highest BCUT2D eigenvalue weighted by molar-refractivity contribution is 5.81. The van der Waals surface area contributed by atoms with E-state index in [-0.39, 0.29) is 18.4 Å². The van der Waals surface area contributed by atoms with Crippen LogP contribution in [0, 0.1) is 5.92 Å². The Labute approximate surface area is 172 Å². The molecule has 0 spiro atoms. The van der Waals surface area contributed by atoms with E-state index in [1.807, 2.05) is 38.1 Å². The largest absolute Gasteiger partial charge is 0.480 e. The van der Waals surface area contributed by atoms with E-state index in [1.54, 1.807) is 0 Å². The number of benzene rings is 2. The van der Waals surface area contributed by atoms with Gasteiger partial charge in [-0.1, -0.05) is 75.2 Å². The highest BCUT2D eigenvalue weighted by atomic mass is 16.5. The first-order chi connectivity index (χ1) is 14.1. The molecule has 5 nitrogen and oxygen atoms in total. The second-order valence-electron chi connectivity index (χ2n) is 7.62. The number of ether oxygens (including phenoxy) is 1. The number of fused-ring (bicyclic) bond motifs is 3. The predicted octanol–water partition coefficient (Wildman–Crippen LogP) is 5.19. The Kier molecular flexibility index (Phi) is 6.91. The molecule has 0 aliphatic heterocycles. The average Bonchev–Trinajstić information content (AvgIpc) is 3.04. The van der Waals surface area contributed by atoms with Crippen molar-refractivity contribution in [2.24, 2.45) is 5.92 Å². The lowest BCUT2D eigenvalue weighted by molar-refractivity contribution is -0.141. The third-order valence-corrected chi connectivity index (χ3v) is 5.67. The molecule has 1 amide bonds. The van der Waals surface area contributed by atoms with Crippen molar-refractivity contribution in [3.05, 3.63) is 59.7 Å². The Balaban J connectivity index is 1.69. The van der Waals surface area contributed by atoms with E-state index < -0.39 is 18.1 Å². The van der Waals surface area contributed by atoms with Gasteiger partial charge in [0.05, 0.1) is 0 Å². The number of hydrogen-bond acceptors (Lipinski definition) is 3. The number of aliphatic carboxylic acids is 1. The van der Waals surface area contributed by atoms with Gasteiger partial charge in [0, 0.05) is 5.92 Å². The average molecular weight is 395 g/mol. The zero-order chi connectivity index (χ0) is 20.8. The maximum Gasteiger partial charge on any atom is 0.407 e. The Bertz CT molecular complexity index is 812. The summed E-state index contributed by atoms with van der Waals surface area (Å²) in [6, 6.07) is 15.3. The van der Waals surface area contributed by atoms with Crippen LogP contribution in [0.5, 0.6) is 0 Å². The summed E-state index contributed by atoms with van der Waals surface area (Å²) in [7, 11) is 0. The number of amides is 1. The van der Waals surface area contributed by atoms with E-state index in [9.17, 15) is 14.7 Å². The fraction of sp³-hybridized carbons (Fsp3) is 0.417. The van der Waals surface area contributed by atoms with Crippen LogP contribution in [-0.2, 0) is 9.53 Å². The minimum atomic E-state index is -1.01. The molecule has 0 bridgehead atoms. The standard InChI is InChI=1S/C24H29NO4/c1-3-9-16(10-4-2)22(23(26)27)25-24(28)29-15-21-19-13-7-5-11-17(19)18-12-6-8-14-20(18)21/h5-8,11-14,16,21-22H,3-4,9-10,15H2,1-2H3,(H,25,28)(H,26,27)/t22-/m0/s1. The molecule has 1 atom stereocenters. The number of carboxylic acid groups (broad SMARTS) is 1. The lowest BCUT2D eigenvalue weighted by atomic mass is 9.90. The number of rotatable bonds is 9. The van der Waals surface area contributed by atoms with Crippen molar-refractivity contribution in [2.45, 2.75) is 51.5 Å². The molecule has 2 aromatic rings. The maximum atomic E-state index is 12.5. The third kappa shape index (κ3) is 4.61. The third-order valence-electron chi connectivity index (χ3n) is 5.67. The Morgan fingerprint density at radius 1 is 0.966 bits per heavy atom. The molecule has 0 saturated heterocycles. The minimum Gasteiger partial charge on any atom is -0.480 e. The summed E-state index contributed by atoms with van der Waals surface area (Å²) in [5, 5.41) is 12.2. The molecule has 0 heterocycles. The zero-order valence-corrected chi connectivity index (χ0v) is 17.1. The molecule has 0 unspecified atom stereocenters. The molecule has 0 radical (unpaired) electrons. The number of carbonyl (C=O) groups is 2. The van der Waals surface area contributed by atoms with Crippen molar-refractivity contribution >= 4 is 12.1 Å². The summed E-state index contributed by atoms with van der Waals surface area (Å²) in [6.45, 7) is 4.22. The molecule has 1 aliphatic carbocycles. The first kappa shape index (κ1) is 20.9. The van der Waals surface area contributed by atoms with Crippen molar-refractivity contribution in [1.29, 1.82) is 0 Å². The van der Waals surface area contributed by atoms with Gasteiger partial charge in [0.1, 0.15) is 12.6 Å². The minimum absolute atomic E-state index is 0.0430. The number of carbonyl (C=O) groups excluding carboxylic acids is 1. The summed E-state index contributed by atoms with van der Waals surface area (Å²) in [6.07, 6.45) is 2.60. The molecule has 1 aliphatic rings. The second-order valence-corrected chi connectivity index (χ2v) is 7.62. The van der Waals surface area contributed by atoms with Crippen LogP contribution in [0.4, 0.5) is 4.79 Å². The van der Waals surface area contributed by atoms with Crippen LogP contribution in [0.15, 0.2) is 48.5 Å². The van der Waals surface area contributed by atoms with Gasteiger partial charge in [0.2, 0.25) is 0 Å². The first-order valence-electron chi connectivity index (χ1n) is 10.4. The lowest BCUT2D eigenvalue weighted by Gasteiger charge is -2.24. The van der Waals surface area contributed by atoms with Crippen LogP contribution in [0.3, 0.4) is 0 Å². The van der Waals surface area contributed by atoms with Gasteiger partial charge < -0.3 is 15.2 Å². The van der Waals surface area contributed by atoms with Gasteiger partial charge in [-0.2, -0.15) is 0 Å². The van der Waals surface area contributed by atoms with Crippen LogP contribution < -0.4 is 5.32 Å². The van der Waals surface area contributed by atoms with E-state index in [2.05, 4.69) is 29.6 Å². The van der Waals surface area contributed by atoms with Gasteiger partial charge in [-0.3, -0.25) is 0 Å². The smallest absolute Gasteiger partial charge is 0.407 e. The molecule has 2 aromatic carbocycles. The van der Waals surface area contributed by atoms with Gasteiger partial charge >= 0.3 is 12.1 Å². The van der Waals surface area contributed by atoms with E-state index in [0.29, 0.717) is 0 Å². The van der Waals surface area contributed by atoms with E-state index in [0.717, 1.165) is 47.9 Å². The first-order valence-corrected chi connectivity index (χ1v) is 10.4. The highest BCUT2D eigenvalue weighted by Gasteiger charge is 2.31. The molecule has 3 rings (SSSR count). The van der Waals surface area contributed by atoms with Crippen LogP contribution in [0.2, 0.25) is 0 Å². The summed E-state index contributed by atoms with van der Waals surface area (Å²) in [4.78, 5) is 24.2. The van der Waals surface area contributed by atoms with Crippen LogP contribution in [0.1, 0.15) is 56.6 Å². The lowest BCUT2D eigenvalue weighted by Crippen LogP contribution is -2.46. The van der Waals surface area contributed by atoms with Gasteiger partial charge in [-0.15, -0.1) is 0 Å². The van der Waals surface area contributed by atoms with Crippen LogP contribution >= 0.6 is 0 Å². The molecule has 29 heavy (non-hydrogen) atoms. The predicted molar refractivity (Wildman–Crippen MR) is 113 cm³/mol. The van der Waals surface area contributed by atoms with Gasteiger partial charge in [-0.05, 0) is 41.0 Å². The van der Waals surface area contributed by atoms with Crippen LogP contribution in [-0.4, -0.2) is 29.8 Å². The monoisotopic (exact) mass is 395 g/mol. The van der Waals surface area contributed by atoms with Gasteiger partial charge in [-0.25, -0.2) is 9.59 Å². The van der Waals surface area contributed by atoms with Gasteiger partial charge in [0.25, 0.3) is 0 Å². The topological polar surface area (TPSA) is 75.6 Å². The molecule has 0 aromatic heterocycles. The normalized spacial score (nSPS) is 13.6. The number of carboxylic acids is 1. The molecule has 154 valence electrons. The molecule has 0 fully saturated rings. The van der Waals surface area contributed by atoms with E-state index >= 15 is 0 Å². The van der Waals surface area contributed by atoms with E-state index in [4.69, 9.17) is 4.74 Å². The van der Waals surface area contributed by atoms with Crippen molar-refractivity contribution in [2.75, 3.05) is 6.61 Å². The van der Waals surface area contributed by atoms with Crippen LogP contribution in [0.25, 0.3) is 11.1 Å². The number of alkyl carbamates (subject to hydrolysis) is 1. The molecule has 2 N–H and O–H groups in total. The second kappa shape index (κ2) is 9.59. The fourth-order valence-electron chi connectivity index (χ4n) is 4.37. The SMILES string of the molecule is CCCC(CCC)[C@H](NC(=O)OCC1c2ccccc2-c2ccccc21)C(=O)O. The molecule has 0 saturated carbocycles. The van der Waals surface area contributed by atoms with Gasteiger partial charge in [0.15, 0.2) is 0 Å². The summed E-state index contributed by atoms with van der Waals surface area (Å²) in [5.41, 5.74) is 4.58. The number of nitrogens with one attached hydrogen (secondary N) is 1.